The number of hydrogen-bond acceptors (Lipinski definition) is 5. The van der Waals surface area contributed by atoms with Crippen molar-refractivity contribution in [3.8, 4) is 5.75 Å². The minimum Gasteiger partial charge on any atom is -0.496 e. The maximum atomic E-state index is 12.1. The lowest BCUT2D eigenvalue weighted by molar-refractivity contribution is -0.384. The number of ether oxygens (including phenoxy) is 1. The molecule has 8 nitrogen and oxygen atoms in total. The van der Waals surface area contributed by atoms with Gasteiger partial charge in [-0.1, -0.05) is 0 Å². The van der Waals surface area contributed by atoms with Crippen LogP contribution >= 0.6 is 0 Å². The Morgan fingerprint density at radius 1 is 1.45 bits per heavy atom. The molecule has 0 saturated heterocycles. The maximum Gasteiger partial charge on any atom is 0.270 e. The first-order valence-corrected chi connectivity index (χ1v) is 5.64. The number of nitro groups is 1. The Morgan fingerprint density at radius 3 is 2.75 bits per heavy atom. The van der Waals surface area contributed by atoms with Gasteiger partial charge in [-0.25, -0.2) is 0 Å². The van der Waals surface area contributed by atoms with Gasteiger partial charge in [0.25, 0.3) is 11.6 Å². The first kappa shape index (κ1) is 13.5. The Labute approximate surface area is 114 Å². The number of nitrogens with zero attached hydrogens (tertiary/aromatic N) is 3. The summed E-state index contributed by atoms with van der Waals surface area (Å²) >= 11 is 0. The molecule has 1 heterocycles. The molecule has 0 radical (unpaired) electrons. The molecular formula is C12H12N4O4. The van der Waals surface area contributed by atoms with Gasteiger partial charge in [-0.2, -0.15) is 5.10 Å². The second kappa shape index (κ2) is 5.39. The van der Waals surface area contributed by atoms with Crippen molar-refractivity contribution in [1.29, 1.82) is 0 Å². The number of amides is 1. The van der Waals surface area contributed by atoms with Crippen LogP contribution in [0.5, 0.6) is 5.75 Å². The van der Waals surface area contributed by atoms with Crippen molar-refractivity contribution in [1.82, 2.24) is 9.78 Å². The van der Waals surface area contributed by atoms with Crippen LogP contribution in [0.4, 0.5) is 11.5 Å². The third-order valence-electron chi connectivity index (χ3n) is 2.59. The number of nitro benzene ring substituents is 1. The number of hydrogen-bond donors (Lipinski definition) is 1. The van der Waals surface area contributed by atoms with Crippen molar-refractivity contribution in [3.05, 3.63) is 46.1 Å². The Hall–Kier alpha value is -2.90. The highest BCUT2D eigenvalue weighted by Gasteiger charge is 2.18. The molecule has 20 heavy (non-hydrogen) atoms. The third kappa shape index (κ3) is 2.74. The summed E-state index contributed by atoms with van der Waals surface area (Å²) in [7, 11) is 3.10. The predicted octanol–water partition coefficient (Wildman–Crippen LogP) is 1.59. The van der Waals surface area contributed by atoms with E-state index in [0.717, 1.165) is 6.07 Å². The molecule has 1 aromatic heterocycles. The van der Waals surface area contributed by atoms with Crippen LogP contribution in [0.25, 0.3) is 0 Å². The van der Waals surface area contributed by atoms with Gasteiger partial charge in [-0.3, -0.25) is 19.6 Å². The third-order valence-corrected chi connectivity index (χ3v) is 2.59. The fraction of sp³-hybridized carbons (Fsp3) is 0.167. The van der Waals surface area contributed by atoms with E-state index >= 15 is 0 Å². The van der Waals surface area contributed by atoms with E-state index in [1.165, 1.54) is 23.9 Å². The highest BCUT2D eigenvalue weighted by molar-refractivity contribution is 6.06. The van der Waals surface area contributed by atoms with E-state index in [1.54, 1.807) is 19.3 Å². The zero-order valence-electron chi connectivity index (χ0n) is 10.9. The molecule has 0 unspecified atom stereocenters. The van der Waals surface area contributed by atoms with E-state index in [1.807, 2.05) is 0 Å². The van der Waals surface area contributed by atoms with Crippen LogP contribution in [0, 0.1) is 10.1 Å². The van der Waals surface area contributed by atoms with Crippen LogP contribution in [-0.4, -0.2) is 27.7 Å². The number of rotatable bonds is 4. The van der Waals surface area contributed by atoms with E-state index in [-0.39, 0.29) is 17.0 Å². The van der Waals surface area contributed by atoms with E-state index in [9.17, 15) is 14.9 Å². The van der Waals surface area contributed by atoms with Gasteiger partial charge in [0.05, 0.1) is 17.6 Å². The molecule has 0 aliphatic heterocycles. The Kier molecular flexibility index (Phi) is 3.65. The number of benzene rings is 1. The van der Waals surface area contributed by atoms with E-state index in [2.05, 4.69) is 10.4 Å². The van der Waals surface area contributed by atoms with Gasteiger partial charge in [0, 0.05) is 31.4 Å². The minimum absolute atomic E-state index is 0.0763. The smallest absolute Gasteiger partial charge is 0.270 e. The van der Waals surface area contributed by atoms with Crippen molar-refractivity contribution in [2.24, 2.45) is 7.05 Å². The number of aromatic nitrogens is 2. The normalized spacial score (nSPS) is 10.1. The molecule has 104 valence electrons. The molecular weight excluding hydrogens is 264 g/mol. The van der Waals surface area contributed by atoms with E-state index in [0.29, 0.717) is 5.82 Å². The highest BCUT2D eigenvalue weighted by Crippen LogP contribution is 2.24. The SMILES string of the molecule is COc1ccc([N+](=O)[O-])cc1C(=O)Nc1ccn(C)n1. The summed E-state index contributed by atoms with van der Waals surface area (Å²) in [5.41, 5.74) is -0.107. The quantitative estimate of drug-likeness (QED) is 0.675. The molecule has 2 aromatic rings. The summed E-state index contributed by atoms with van der Waals surface area (Å²) in [5.74, 6) is 0.0827. The van der Waals surface area contributed by atoms with Crippen molar-refractivity contribution in [3.63, 3.8) is 0 Å². The molecule has 1 N–H and O–H groups in total. The van der Waals surface area contributed by atoms with Crippen LogP contribution < -0.4 is 10.1 Å². The zero-order chi connectivity index (χ0) is 14.7. The van der Waals surface area contributed by atoms with E-state index < -0.39 is 10.8 Å². The first-order chi connectivity index (χ1) is 9.51. The van der Waals surface area contributed by atoms with Gasteiger partial charge < -0.3 is 10.1 Å². The predicted molar refractivity (Wildman–Crippen MR) is 70.8 cm³/mol. The van der Waals surface area contributed by atoms with Crippen LogP contribution in [0.2, 0.25) is 0 Å². The number of anilines is 1. The summed E-state index contributed by atoms with van der Waals surface area (Å²) in [5, 5.41) is 17.3. The highest BCUT2D eigenvalue weighted by atomic mass is 16.6. The van der Waals surface area contributed by atoms with Gasteiger partial charge in [0.15, 0.2) is 5.82 Å². The molecule has 0 saturated carbocycles. The standard InChI is InChI=1S/C12H12N4O4/c1-15-6-5-11(14-15)13-12(17)9-7-8(16(18)19)3-4-10(9)20-2/h3-7H,1-2H3,(H,13,14,17). The molecule has 0 spiro atoms. The number of carbonyl (C=O) groups excluding carboxylic acids is 1. The summed E-state index contributed by atoms with van der Waals surface area (Å²) < 4.78 is 6.56. The molecule has 0 aliphatic carbocycles. The lowest BCUT2D eigenvalue weighted by atomic mass is 10.1. The number of methoxy groups -OCH3 is 1. The molecule has 0 aliphatic rings. The number of aryl methyl sites for hydroxylation is 1. The summed E-state index contributed by atoms with van der Waals surface area (Å²) in [4.78, 5) is 22.3. The fourth-order valence-electron chi connectivity index (χ4n) is 1.65. The van der Waals surface area contributed by atoms with Gasteiger partial charge in [-0.05, 0) is 6.07 Å². The topological polar surface area (TPSA) is 99.3 Å². The Morgan fingerprint density at radius 2 is 2.20 bits per heavy atom. The molecule has 0 fully saturated rings. The monoisotopic (exact) mass is 276 g/mol. The van der Waals surface area contributed by atoms with Crippen LogP contribution in [0.15, 0.2) is 30.5 Å². The van der Waals surface area contributed by atoms with Crippen LogP contribution in [0.1, 0.15) is 10.4 Å². The lowest BCUT2D eigenvalue weighted by Gasteiger charge is -2.07. The van der Waals surface area contributed by atoms with Crippen molar-refractivity contribution < 1.29 is 14.5 Å². The van der Waals surface area contributed by atoms with Crippen molar-refractivity contribution in [2.45, 2.75) is 0 Å². The summed E-state index contributed by atoms with van der Waals surface area (Å²) in [6.07, 6.45) is 1.67. The molecule has 1 aromatic carbocycles. The number of non-ortho nitro benzene ring substituents is 1. The molecule has 0 bridgehead atoms. The van der Waals surface area contributed by atoms with Crippen molar-refractivity contribution >= 4 is 17.4 Å². The molecule has 8 heteroatoms. The molecule has 2 rings (SSSR count). The molecule has 0 atom stereocenters. The second-order valence-electron chi connectivity index (χ2n) is 3.97. The Balaban J connectivity index is 2.32. The first-order valence-electron chi connectivity index (χ1n) is 5.64. The largest absolute Gasteiger partial charge is 0.496 e. The van der Waals surface area contributed by atoms with Crippen LogP contribution in [-0.2, 0) is 7.05 Å². The average Bonchev–Trinajstić information content (AvgIpc) is 2.83. The number of carbonyl (C=O) groups is 1. The zero-order valence-corrected chi connectivity index (χ0v) is 10.9. The Bertz CT molecular complexity index is 665. The van der Waals surface area contributed by atoms with Gasteiger partial charge in [0.1, 0.15) is 5.75 Å². The van der Waals surface area contributed by atoms with E-state index in [4.69, 9.17) is 4.74 Å². The fourth-order valence-corrected chi connectivity index (χ4v) is 1.65. The number of nitrogens with one attached hydrogen (secondary N) is 1. The summed E-state index contributed by atoms with van der Waals surface area (Å²) in [6, 6.07) is 5.43. The second-order valence-corrected chi connectivity index (χ2v) is 3.97. The van der Waals surface area contributed by atoms with Crippen molar-refractivity contribution in [2.75, 3.05) is 12.4 Å². The maximum absolute atomic E-state index is 12.1. The summed E-state index contributed by atoms with van der Waals surface area (Å²) in [6.45, 7) is 0. The minimum atomic E-state index is -0.572. The average molecular weight is 276 g/mol. The van der Waals surface area contributed by atoms with Crippen LogP contribution in [0.3, 0.4) is 0 Å². The van der Waals surface area contributed by atoms with Gasteiger partial charge >= 0.3 is 0 Å². The molecule has 1 amide bonds. The van der Waals surface area contributed by atoms with Gasteiger partial charge in [-0.15, -0.1) is 0 Å². The van der Waals surface area contributed by atoms with Gasteiger partial charge in [0.2, 0.25) is 0 Å². The lowest BCUT2D eigenvalue weighted by Crippen LogP contribution is -2.14.